The molecule has 0 amide bonds. The van der Waals surface area contributed by atoms with Gasteiger partial charge in [0, 0.05) is 10.6 Å². The zero-order chi connectivity index (χ0) is 18.5. The molecule has 26 heavy (non-hydrogen) atoms. The fourth-order valence-corrected chi connectivity index (χ4v) is 4.80. The molecule has 0 bridgehead atoms. The predicted octanol–water partition coefficient (Wildman–Crippen LogP) is 5.17. The summed E-state index contributed by atoms with van der Waals surface area (Å²) >= 11 is 7.09. The number of aryl methyl sites for hydroxylation is 2. The van der Waals surface area contributed by atoms with Gasteiger partial charge >= 0.3 is 5.97 Å². The molecule has 0 saturated heterocycles. The molecule has 3 rings (SSSR count). The van der Waals surface area contributed by atoms with Crippen LogP contribution >= 0.6 is 23.6 Å². The Morgan fingerprint density at radius 3 is 2.58 bits per heavy atom. The minimum Gasteiger partial charge on any atom is -0.465 e. The molecule has 4 nitrogen and oxygen atoms in total. The summed E-state index contributed by atoms with van der Waals surface area (Å²) in [5.74, 6) is -0.290. The van der Waals surface area contributed by atoms with Crippen LogP contribution in [0.2, 0.25) is 0 Å². The quantitative estimate of drug-likeness (QED) is 0.430. The van der Waals surface area contributed by atoms with Crippen LogP contribution in [0.3, 0.4) is 0 Å². The van der Waals surface area contributed by atoms with Crippen molar-refractivity contribution in [2.45, 2.75) is 45.4 Å². The van der Waals surface area contributed by atoms with E-state index in [1.165, 1.54) is 30.4 Å². The molecule has 0 radical (unpaired) electrons. The molecular formula is C20H24N2O2S2. The number of benzene rings is 1. The van der Waals surface area contributed by atoms with E-state index in [0.29, 0.717) is 10.7 Å². The van der Waals surface area contributed by atoms with Crippen molar-refractivity contribution in [3.63, 3.8) is 0 Å². The molecule has 0 aliphatic heterocycles. The summed E-state index contributed by atoms with van der Waals surface area (Å²) < 4.78 is 5.03. The van der Waals surface area contributed by atoms with E-state index in [4.69, 9.17) is 17.0 Å². The molecule has 1 heterocycles. The summed E-state index contributed by atoms with van der Waals surface area (Å²) in [6.45, 7) is 2.13. The molecule has 0 saturated carbocycles. The highest BCUT2D eigenvalue weighted by atomic mass is 32.1. The van der Waals surface area contributed by atoms with Crippen molar-refractivity contribution in [2.75, 3.05) is 17.7 Å². The van der Waals surface area contributed by atoms with Gasteiger partial charge in [-0.3, -0.25) is 0 Å². The molecule has 0 fully saturated rings. The van der Waals surface area contributed by atoms with Gasteiger partial charge in [-0.2, -0.15) is 0 Å². The van der Waals surface area contributed by atoms with E-state index in [9.17, 15) is 4.79 Å². The number of rotatable bonds is 4. The lowest BCUT2D eigenvalue weighted by molar-refractivity contribution is 0.0601. The van der Waals surface area contributed by atoms with Crippen LogP contribution in [-0.2, 0) is 24.0 Å². The van der Waals surface area contributed by atoms with E-state index in [2.05, 4.69) is 29.7 Å². The van der Waals surface area contributed by atoms with Gasteiger partial charge in [-0.15, -0.1) is 11.3 Å². The van der Waals surface area contributed by atoms with E-state index in [1.54, 1.807) is 11.3 Å². The number of thiocarbonyl (C=S) groups is 1. The number of fused-ring (bicyclic) bond motifs is 1. The molecule has 0 unspecified atom stereocenters. The van der Waals surface area contributed by atoms with Crippen molar-refractivity contribution >= 4 is 45.3 Å². The molecule has 1 aromatic carbocycles. The van der Waals surface area contributed by atoms with E-state index < -0.39 is 0 Å². The van der Waals surface area contributed by atoms with Gasteiger partial charge in [-0.1, -0.05) is 25.5 Å². The minimum atomic E-state index is -0.290. The summed E-state index contributed by atoms with van der Waals surface area (Å²) in [6, 6.07) is 8.19. The Balaban J connectivity index is 1.79. The Kier molecular flexibility index (Phi) is 6.27. The highest BCUT2D eigenvalue weighted by Crippen LogP contribution is 2.38. The van der Waals surface area contributed by atoms with Crippen molar-refractivity contribution in [3.05, 3.63) is 45.8 Å². The number of methoxy groups -OCH3 is 1. The molecule has 6 heteroatoms. The number of carbonyl (C=O) groups is 1. The molecule has 1 aromatic heterocycles. The lowest BCUT2D eigenvalue weighted by Crippen LogP contribution is -2.20. The molecule has 2 aromatic rings. The normalized spacial score (nSPS) is 13.5. The van der Waals surface area contributed by atoms with E-state index in [1.807, 2.05) is 12.1 Å². The summed E-state index contributed by atoms with van der Waals surface area (Å²) in [5.41, 5.74) is 4.00. The maximum atomic E-state index is 12.4. The van der Waals surface area contributed by atoms with Gasteiger partial charge in [0.1, 0.15) is 5.00 Å². The molecular weight excluding hydrogens is 364 g/mol. The van der Waals surface area contributed by atoms with Gasteiger partial charge in [0.2, 0.25) is 0 Å². The molecule has 2 N–H and O–H groups in total. The smallest absolute Gasteiger partial charge is 0.341 e. The Hall–Kier alpha value is -1.92. The zero-order valence-electron chi connectivity index (χ0n) is 15.2. The fourth-order valence-electron chi connectivity index (χ4n) is 3.24. The number of thiophene rings is 1. The number of anilines is 2. The standard InChI is InChI=1S/C20H24N2O2S2/c1-3-13-9-11-14(12-10-13)21-20(25)22-18-17(19(23)24-2)15-7-5-4-6-8-16(15)26-18/h9-12H,3-8H2,1-2H3,(H2,21,22,25). The first-order chi connectivity index (χ1) is 12.6. The van der Waals surface area contributed by atoms with Crippen molar-refractivity contribution in [1.29, 1.82) is 0 Å². The number of hydrogen-bond acceptors (Lipinski definition) is 4. The van der Waals surface area contributed by atoms with Gasteiger partial charge < -0.3 is 15.4 Å². The third kappa shape index (κ3) is 4.24. The predicted molar refractivity (Wildman–Crippen MR) is 113 cm³/mol. The maximum absolute atomic E-state index is 12.4. The zero-order valence-corrected chi connectivity index (χ0v) is 16.8. The monoisotopic (exact) mass is 388 g/mol. The van der Waals surface area contributed by atoms with Crippen LogP contribution in [0.25, 0.3) is 0 Å². The largest absolute Gasteiger partial charge is 0.465 e. The van der Waals surface area contributed by atoms with Gasteiger partial charge in [-0.25, -0.2) is 4.79 Å². The van der Waals surface area contributed by atoms with Crippen LogP contribution in [0.1, 0.15) is 52.5 Å². The molecule has 1 aliphatic carbocycles. The first kappa shape index (κ1) is 18.9. The van der Waals surface area contributed by atoms with Crippen LogP contribution in [0.4, 0.5) is 10.7 Å². The second kappa shape index (κ2) is 8.64. The second-order valence-electron chi connectivity index (χ2n) is 6.39. The molecule has 0 spiro atoms. The van der Waals surface area contributed by atoms with Crippen molar-refractivity contribution in [1.82, 2.24) is 0 Å². The van der Waals surface area contributed by atoms with E-state index in [-0.39, 0.29) is 5.97 Å². The van der Waals surface area contributed by atoms with Gasteiger partial charge in [0.05, 0.1) is 12.7 Å². The van der Waals surface area contributed by atoms with E-state index in [0.717, 1.165) is 41.9 Å². The van der Waals surface area contributed by atoms with Crippen LogP contribution in [0.15, 0.2) is 24.3 Å². The summed E-state index contributed by atoms with van der Waals surface area (Å²) in [7, 11) is 1.43. The highest BCUT2D eigenvalue weighted by Gasteiger charge is 2.25. The highest BCUT2D eigenvalue weighted by molar-refractivity contribution is 7.80. The summed E-state index contributed by atoms with van der Waals surface area (Å²) in [5, 5.41) is 7.68. The van der Waals surface area contributed by atoms with Crippen molar-refractivity contribution < 1.29 is 9.53 Å². The fraction of sp³-hybridized carbons (Fsp3) is 0.400. The Morgan fingerprint density at radius 1 is 1.15 bits per heavy atom. The minimum absolute atomic E-state index is 0.290. The first-order valence-electron chi connectivity index (χ1n) is 9.02. The number of carbonyl (C=O) groups excluding carboxylic acids is 1. The van der Waals surface area contributed by atoms with Crippen LogP contribution in [-0.4, -0.2) is 18.2 Å². The van der Waals surface area contributed by atoms with Gasteiger partial charge in [0.25, 0.3) is 0 Å². The van der Waals surface area contributed by atoms with Crippen LogP contribution in [0.5, 0.6) is 0 Å². The number of hydrogen-bond donors (Lipinski definition) is 2. The average molecular weight is 389 g/mol. The van der Waals surface area contributed by atoms with Crippen LogP contribution < -0.4 is 10.6 Å². The molecule has 0 atom stereocenters. The Bertz CT molecular complexity index is 797. The van der Waals surface area contributed by atoms with Gasteiger partial charge in [-0.05, 0) is 67.6 Å². The maximum Gasteiger partial charge on any atom is 0.341 e. The Morgan fingerprint density at radius 2 is 1.88 bits per heavy atom. The Labute approximate surface area is 164 Å². The van der Waals surface area contributed by atoms with Crippen LogP contribution in [0, 0.1) is 0 Å². The number of nitrogens with one attached hydrogen (secondary N) is 2. The number of ether oxygens (including phenoxy) is 1. The summed E-state index contributed by atoms with van der Waals surface area (Å²) in [4.78, 5) is 13.6. The molecule has 138 valence electrons. The SMILES string of the molecule is CCc1ccc(NC(=S)Nc2sc3c(c2C(=O)OC)CCCCC3)cc1. The average Bonchev–Trinajstić information content (AvgIpc) is 2.82. The third-order valence-electron chi connectivity index (χ3n) is 4.66. The van der Waals surface area contributed by atoms with E-state index >= 15 is 0 Å². The van der Waals surface area contributed by atoms with Crippen molar-refractivity contribution in [3.8, 4) is 0 Å². The third-order valence-corrected chi connectivity index (χ3v) is 6.07. The first-order valence-corrected chi connectivity index (χ1v) is 10.2. The second-order valence-corrected chi connectivity index (χ2v) is 7.90. The van der Waals surface area contributed by atoms with Crippen molar-refractivity contribution in [2.24, 2.45) is 0 Å². The topological polar surface area (TPSA) is 50.4 Å². The summed E-state index contributed by atoms with van der Waals surface area (Å²) in [6.07, 6.45) is 6.44. The number of esters is 1. The molecule has 1 aliphatic rings. The lowest BCUT2D eigenvalue weighted by atomic mass is 10.1. The lowest BCUT2D eigenvalue weighted by Gasteiger charge is -2.11. The van der Waals surface area contributed by atoms with Gasteiger partial charge in [0.15, 0.2) is 5.11 Å².